The summed E-state index contributed by atoms with van der Waals surface area (Å²) in [4.78, 5) is 32.2. The zero-order valence-electron chi connectivity index (χ0n) is 15.1. The fourth-order valence-electron chi connectivity index (χ4n) is 3.00. The third kappa shape index (κ3) is 3.23. The number of aryl methyl sites for hydroxylation is 2. The summed E-state index contributed by atoms with van der Waals surface area (Å²) in [5.74, 6) is -0.544. The molecular formula is C19H16N6O2S. The first kappa shape index (κ1) is 17.8. The number of anilines is 2. The highest BCUT2D eigenvalue weighted by Crippen LogP contribution is 2.34. The van der Waals surface area contributed by atoms with Crippen molar-refractivity contribution >= 4 is 33.7 Å². The van der Waals surface area contributed by atoms with Crippen molar-refractivity contribution < 1.29 is 4.79 Å². The average Bonchev–Trinajstić information content (AvgIpc) is 3.20. The molecular weight excluding hydrogens is 376 g/mol. The van der Waals surface area contributed by atoms with Gasteiger partial charge in [-0.1, -0.05) is 6.07 Å². The number of aromatic nitrogens is 3. The van der Waals surface area contributed by atoms with E-state index in [2.05, 4.69) is 15.6 Å². The van der Waals surface area contributed by atoms with E-state index < -0.39 is 5.91 Å². The predicted molar refractivity (Wildman–Crippen MR) is 109 cm³/mol. The summed E-state index contributed by atoms with van der Waals surface area (Å²) in [5, 5.41) is 6.38. The summed E-state index contributed by atoms with van der Waals surface area (Å²) in [7, 11) is 0. The standard InChI is InChI=1S/C19H16N6O2S/c1-11-17(25-10-4-3-5-15(25)20-11)16-12(2)28-19(22-16)21-14-8-6-13(7-9-14)18(26)23-24-27/h3-10H,1-2H3,(H,21,22)(H,23,26,27). The minimum atomic E-state index is -0.544. The SMILES string of the molecule is Cc1nc2ccccn2c1-c1nc(Nc2ccc(C(=O)NN=O)cc2)sc1C. The Morgan fingerprint density at radius 3 is 2.64 bits per heavy atom. The molecule has 0 aliphatic rings. The number of hydrogen-bond donors (Lipinski definition) is 2. The highest BCUT2D eigenvalue weighted by Gasteiger charge is 2.17. The average molecular weight is 392 g/mol. The van der Waals surface area contributed by atoms with E-state index in [1.54, 1.807) is 35.6 Å². The number of hydrogen-bond acceptors (Lipinski definition) is 7. The molecule has 140 valence electrons. The van der Waals surface area contributed by atoms with E-state index >= 15 is 0 Å². The Bertz CT molecular complexity index is 1180. The van der Waals surface area contributed by atoms with Crippen LogP contribution in [0.4, 0.5) is 10.8 Å². The van der Waals surface area contributed by atoms with Gasteiger partial charge in [-0.3, -0.25) is 9.20 Å². The number of nitrogens with zero attached hydrogens (tertiary/aromatic N) is 4. The number of nitroso groups, excluding NO2 is 1. The van der Waals surface area contributed by atoms with Crippen molar-refractivity contribution in [2.45, 2.75) is 13.8 Å². The Morgan fingerprint density at radius 1 is 1.11 bits per heavy atom. The van der Waals surface area contributed by atoms with Gasteiger partial charge in [0.05, 0.1) is 16.7 Å². The van der Waals surface area contributed by atoms with Crippen molar-refractivity contribution in [2.75, 3.05) is 5.32 Å². The van der Waals surface area contributed by atoms with Gasteiger partial charge in [0.2, 0.25) is 0 Å². The maximum atomic E-state index is 11.6. The monoisotopic (exact) mass is 392 g/mol. The molecule has 0 aliphatic carbocycles. The van der Waals surface area contributed by atoms with E-state index in [0.717, 1.165) is 38.4 Å². The van der Waals surface area contributed by atoms with Crippen molar-refractivity contribution in [1.29, 1.82) is 0 Å². The molecule has 0 bridgehead atoms. The van der Waals surface area contributed by atoms with Gasteiger partial charge in [-0.05, 0) is 50.2 Å². The number of carbonyl (C=O) groups is 1. The molecule has 0 aliphatic heterocycles. The lowest BCUT2D eigenvalue weighted by molar-refractivity contribution is 0.0954. The van der Waals surface area contributed by atoms with E-state index in [-0.39, 0.29) is 0 Å². The van der Waals surface area contributed by atoms with E-state index in [0.29, 0.717) is 5.56 Å². The summed E-state index contributed by atoms with van der Waals surface area (Å²) in [6.07, 6.45) is 1.98. The molecule has 4 aromatic rings. The van der Waals surface area contributed by atoms with Crippen molar-refractivity contribution in [2.24, 2.45) is 5.29 Å². The van der Waals surface area contributed by atoms with Crippen LogP contribution in [0.25, 0.3) is 17.0 Å². The van der Waals surface area contributed by atoms with Crippen LogP contribution in [0, 0.1) is 18.8 Å². The second-order valence-corrected chi connectivity index (χ2v) is 7.34. The Kier molecular flexibility index (Phi) is 4.58. The molecule has 3 heterocycles. The van der Waals surface area contributed by atoms with Crippen LogP contribution in [0.5, 0.6) is 0 Å². The van der Waals surface area contributed by atoms with E-state index in [1.807, 2.05) is 48.1 Å². The first-order valence-electron chi connectivity index (χ1n) is 8.48. The fourth-order valence-corrected chi connectivity index (χ4v) is 3.84. The first-order chi connectivity index (χ1) is 13.6. The highest BCUT2D eigenvalue weighted by atomic mass is 32.1. The Balaban J connectivity index is 1.62. The highest BCUT2D eigenvalue weighted by molar-refractivity contribution is 7.16. The Hall–Kier alpha value is -3.59. The van der Waals surface area contributed by atoms with Gasteiger partial charge >= 0.3 is 0 Å². The van der Waals surface area contributed by atoms with Crippen LogP contribution in [-0.4, -0.2) is 20.3 Å². The molecule has 1 aromatic carbocycles. The summed E-state index contributed by atoms with van der Waals surface area (Å²) >= 11 is 1.54. The molecule has 8 nitrogen and oxygen atoms in total. The lowest BCUT2D eigenvalue weighted by atomic mass is 10.2. The van der Waals surface area contributed by atoms with Gasteiger partial charge in [0, 0.05) is 22.3 Å². The number of nitrogens with one attached hydrogen (secondary N) is 2. The third-order valence-corrected chi connectivity index (χ3v) is 5.16. The number of thiazole rings is 1. The molecule has 0 radical (unpaired) electrons. The van der Waals surface area contributed by atoms with Gasteiger partial charge in [-0.2, -0.15) is 0 Å². The molecule has 0 unspecified atom stereocenters. The largest absolute Gasteiger partial charge is 0.332 e. The molecule has 9 heteroatoms. The molecule has 2 N–H and O–H groups in total. The van der Waals surface area contributed by atoms with Gasteiger partial charge in [-0.15, -0.1) is 16.2 Å². The number of amides is 1. The number of benzene rings is 1. The van der Waals surface area contributed by atoms with E-state index in [1.165, 1.54) is 0 Å². The van der Waals surface area contributed by atoms with Crippen molar-refractivity contribution in [3.05, 3.63) is 69.7 Å². The molecule has 1 amide bonds. The minimum absolute atomic E-state index is 0.350. The van der Waals surface area contributed by atoms with Gasteiger partial charge in [-0.25, -0.2) is 15.4 Å². The zero-order valence-corrected chi connectivity index (χ0v) is 15.9. The van der Waals surface area contributed by atoms with Crippen molar-refractivity contribution in [3.63, 3.8) is 0 Å². The van der Waals surface area contributed by atoms with Gasteiger partial charge in [0.25, 0.3) is 5.91 Å². The maximum Gasteiger partial charge on any atom is 0.273 e. The van der Waals surface area contributed by atoms with Gasteiger partial charge < -0.3 is 5.32 Å². The van der Waals surface area contributed by atoms with Gasteiger partial charge in [0.1, 0.15) is 11.3 Å². The van der Waals surface area contributed by atoms with Gasteiger partial charge in [0.15, 0.2) is 5.13 Å². The number of fused-ring (bicyclic) bond motifs is 1. The Morgan fingerprint density at radius 2 is 1.89 bits per heavy atom. The normalized spacial score (nSPS) is 10.8. The van der Waals surface area contributed by atoms with E-state index in [4.69, 9.17) is 4.98 Å². The molecule has 0 saturated heterocycles. The summed E-state index contributed by atoms with van der Waals surface area (Å²) in [5.41, 5.74) is 6.67. The number of carbonyl (C=O) groups excluding carboxylic acids is 1. The van der Waals surface area contributed by atoms with E-state index in [9.17, 15) is 9.70 Å². The summed E-state index contributed by atoms with van der Waals surface area (Å²) < 4.78 is 2.04. The third-order valence-electron chi connectivity index (χ3n) is 4.27. The summed E-state index contributed by atoms with van der Waals surface area (Å²) in [6, 6.07) is 12.6. The van der Waals surface area contributed by atoms with Crippen LogP contribution in [-0.2, 0) is 0 Å². The van der Waals surface area contributed by atoms with Crippen LogP contribution < -0.4 is 10.7 Å². The molecule has 0 atom stereocenters. The second kappa shape index (κ2) is 7.20. The fraction of sp³-hybridized carbons (Fsp3) is 0.105. The molecule has 0 fully saturated rings. The lowest BCUT2D eigenvalue weighted by Gasteiger charge is -2.04. The number of pyridine rings is 1. The van der Waals surface area contributed by atoms with Crippen LogP contribution in [0.15, 0.2) is 53.9 Å². The zero-order chi connectivity index (χ0) is 19.7. The Labute approximate surface area is 164 Å². The number of imidazole rings is 1. The molecule has 4 rings (SSSR count). The predicted octanol–water partition coefficient (Wildman–Crippen LogP) is 4.23. The maximum absolute atomic E-state index is 11.6. The summed E-state index contributed by atoms with van der Waals surface area (Å²) in [6.45, 7) is 4.01. The second-order valence-electron chi connectivity index (χ2n) is 6.13. The van der Waals surface area contributed by atoms with Crippen LogP contribution in [0.1, 0.15) is 20.9 Å². The molecule has 0 spiro atoms. The lowest BCUT2D eigenvalue weighted by Crippen LogP contribution is -2.16. The van der Waals surface area contributed by atoms with Crippen LogP contribution in [0.3, 0.4) is 0 Å². The molecule has 0 saturated carbocycles. The smallest absolute Gasteiger partial charge is 0.273 e. The number of rotatable bonds is 5. The van der Waals surface area contributed by atoms with Crippen molar-refractivity contribution in [1.82, 2.24) is 19.8 Å². The van der Waals surface area contributed by atoms with Crippen LogP contribution >= 0.6 is 11.3 Å². The minimum Gasteiger partial charge on any atom is -0.332 e. The first-order valence-corrected chi connectivity index (χ1v) is 9.29. The topological polar surface area (TPSA) is 101 Å². The van der Waals surface area contributed by atoms with Crippen molar-refractivity contribution in [3.8, 4) is 11.4 Å². The van der Waals surface area contributed by atoms with Crippen LogP contribution in [0.2, 0.25) is 0 Å². The quantitative estimate of drug-likeness (QED) is 0.391. The molecule has 28 heavy (non-hydrogen) atoms. The molecule has 3 aromatic heterocycles.